The molecule has 86 heavy (non-hydrogen) atoms. The molecule has 0 aromatic heterocycles. The molecule has 0 radical (unpaired) electrons. The number of benzene rings is 5. The quantitative estimate of drug-likeness (QED) is 0.0650. The van der Waals surface area contributed by atoms with Crippen molar-refractivity contribution in [3.63, 3.8) is 0 Å². The topological polar surface area (TPSA) is 144 Å². The second kappa shape index (κ2) is 33.9. The van der Waals surface area contributed by atoms with Crippen LogP contribution in [0, 0.1) is 117 Å². The van der Waals surface area contributed by atoms with Gasteiger partial charge in [0.2, 0.25) is 0 Å². The van der Waals surface area contributed by atoms with E-state index in [1.807, 2.05) is 110 Å². The second-order valence-electron chi connectivity index (χ2n) is 24.2. The van der Waals surface area contributed by atoms with Crippen LogP contribution in [0.25, 0.3) is 0 Å². The molecule has 2 aliphatic heterocycles. The first-order chi connectivity index (χ1) is 40.0. The monoisotopic (exact) mass is 1420 g/mol. The van der Waals surface area contributed by atoms with Crippen molar-refractivity contribution < 1.29 is 95.1 Å². The van der Waals surface area contributed by atoms with Gasteiger partial charge in [0, 0.05) is 110 Å². The smallest absolute Gasteiger partial charge is 0 e. The number of carbonyl (C=O) groups excluding carboxylic acids is 4. The van der Waals surface area contributed by atoms with Crippen molar-refractivity contribution >= 4 is 24.8 Å². The van der Waals surface area contributed by atoms with Gasteiger partial charge >= 0.3 is 84.2 Å². The molecular weight excluding hydrogens is 1330 g/mol. The van der Waals surface area contributed by atoms with Gasteiger partial charge < -0.3 is 31.9 Å². The van der Waals surface area contributed by atoms with Crippen LogP contribution < -0.4 is 33.1 Å². The Hall–Kier alpha value is -5.32. The second-order valence-corrected chi connectivity index (χ2v) is 32.7. The molecule has 0 saturated heterocycles. The van der Waals surface area contributed by atoms with Crippen LogP contribution in [0.3, 0.4) is 0 Å². The van der Waals surface area contributed by atoms with Crippen molar-refractivity contribution in [1.82, 2.24) is 32.9 Å². The number of carbonyl (C=O) groups is 4. The zero-order valence-electron chi connectivity index (χ0n) is 55.3. The van der Waals surface area contributed by atoms with Crippen LogP contribution in [0.2, 0.25) is 2.57 Å². The summed E-state index contributed by atoms with van der Waals surface area (Å²) in [6, 6.07) is 31.0. The molecule has 0 atom stereocenters. The van der Waals surface area contributed by atoms with Crippen molar-refractivity contribution in [2.75, 3.05) is 14.1 Å². The predicted molar refractivity (Wildman–Crippen MR) is 351 cm³/mol. The fourth-order valence-electron chi connectivity index (χ4n) is 10.6. The van der Waals surface area contributed by atoms with Crippen LogP contribution in [-0.2, 0) is 0 Å². The summed E-state index contributed by atoms with van der Waals surface area (Å²) in [6.07, 6.45) is 9.34. The van der Waals surface area contributed by atoms with Crippen molar-refractivity contribution in [1.29, 1.82) is 0 Å². The number of nitrogens with zero attached hydrogens (tertiary/aromatic N) is 1. The molecule has 7 rings (SSSR count). The first kappa shape index (κ1) is 73.2. The van der Waals surface area contributed by atoms with Crippen molar-refractivity contribution in [2.24, 2.45) is 0 Å². The fourth-order valence-corrected chi connectivity index (χ4v) is 14.4. The average Bonchev–Trinajstić information content (AvgIpc) is 3.65. The maximum atomic E-state index is 13.7. The Bertz CT molecular complexity index is 3370. The summed E-state index contributed by atoms with van der Waals surface area (Å²) < 4.78 is 6.42. The van der Waals surface area contributed by atoms with Gasteiger partial charge in [0.05, 0.1) is 11.4 Å². The van der Waals surface area contributed by atoms with E-state index < -0.39 is 35.0 Å². The first-order valence-electron chi connectivity index (χ1n) is 29.9. The summed E-state index contributed by atoms with van der Waals surface area (Å²) in [6.45, 7) is 36.6. The molecule has 0 aliphatic carbocycles. The minimum Gasteiger partial charge on any atom is 0 e. The number of aryl methyl sites for hydroxylation is 6. The number of amides is 4. The molecular formula is C73H96N7Nd2O4. The fraction of sp³-hybridized carbons (Fsp3) is 0.370. The molecule has 0 saturated carbocycles. The summed E-state index contributed by atoms with van der Waals surface area (Å²) in [5, 5.41) is 19.2. The molecule has 455 valence electrons. The summed E-state index contributed by atoms with van der Waals surface area (Å²) in [5.74, 6) is 0.495. The van der Waals surface area contributed by atoms with Gasteiger partial charge in [-0.3, -0.25) is 19.2 Å². The molecule has 6 N–H and O–H groups in total. The van der Waals surface area contributed by atoms with E-state index >= 15 is 0 Å². The minimum atomic E-state index is -1.50. The molecule has 2 heterocycles. The standard InChI is InChI=1S/C37H51N3O2.C27H31N3O2.C6H5.C2H6N.CH3.2Nd/c1-20(2)28-16-24(9)17-29(21(3)4)34(28)36(41)38-26(11)32-14-13-15-33(40-32)27(12)39-37(42)35-30(22(5)6)18-25(10)19-31(35)23(7)8;1-16-10-7-11-17(2)24(16)26(31)28-20(5)22-14-9-15-23(30-22)21(6)29-27(32)25-18(3)12-8-13-19(25)4;1-2-4-6-5-3-1;1-3-2;;;/h13-14,16-23,40H,15H2,1-12H3,(H,38,41)(H,39,42);7-14,30H,15H2,1-6H3,(H,28,31)(H,29,32);1-5H;1-2H3;1H3;;/q;;;-1;;;+1. The van der Waals surface area contributed by atoms with Gasteiger partial charge in [-0.1, -0.05) is 139 Å². The SMILES string of the molecule is CC(NC(=O)c1c(C(C)C)cc(C)cc1C(C)C)=C1C=CCC(=C(C)NC(=O)c2c(C(C)C)cc(C)cc2C(C)C)N1.CC(NC(=O)c1c(C)cccc1C)=C1C=CCC(=C(C)NC(=O)c2c(C)cccc2C)N1.C[N](C)[Nd]([CH3])[c]1ccccc1.[Nd]. The van der Waals surface area contributed by atoms with E-state index in [9.17, 15) is 19.2 Å². The summed E-state index contributed by atoms with van der Waals surface area (Å²) in [5.41, 5.74) is 19.7. The molecule has 2 aliphatic rings. The van der Waals surface area contributed by atoms with Crippen LogP contribution in [0.4, 0.5) is 0 Å². The first-order valence-corrected chi connectivity index (χ1v) is 36.2. The van der Waals surface area contributed by atoms with E-state index in [2.05, 4.69) is 179 Å². The molecule has 5 aromatic carbocycles. The number of nitrogens with one attached hydrogen (secondary N) is 6. The van der Waals surface area contributed by atoms with Crippen LogP contribution in [0.15, 0.2) is 161 Å². The van der Waals surface area contributed by atoms with Gasteiger partial charge in [-0.15, -0.1) is 0 Å². The van der Waals surface area contributed by atoms with Crippen molar-refractivity contribution in [2.45, 2.75) is 164 Å². The van der Waals surface area contributed by atoms with Gasteiger partial charge in [0.15, 0.2) is 0 Å². The zero-order chi connectivity index (χ0) is 63.1. The summed E-state index contributed by atoms with van der Waals surface area (Å²) in [4.78, 5) is 53.1. The third-order valence-corrected chi connectivity index (χ3v) is 23.7. The van der Waals surface area contributed by atoms with Gasteiger partial charge in [-0.2, -0.15) is 0 Å². The number of rotatable bonds is 14. The zero-order valence-corrected chi connectivity index (χ0v) is 61.7. The molecule has 5 aromatic rings. The van der Waals surface area contributed by atoms with Crippen LogP contribution in [0.1, 0.15) is 217 Å². The normalized spacial score (nSPS) is 15.0. The van der Waals surface area contributed by atoms with Crippen LogP contribution in [-0.4, -0.2) is 38.7 Å². The molecule has 13 heteroatoms. The number of hydrogen-bond donors (Lipinski definition) is 6. The minimum absolute atomic E-state index is 0. The number of allylic oxidation sites excluding steroid dienone is 8. The third-order valence-electron chi connectivity index (χ3n) is 15.6. The maximum absolute atomic E-state index is 13.7. The van der Waals surface area contributed by atoms with Crippen molar-refractivity contribution in [3.05, 3.63) is 239 Å². The largest absolute Gasteiger partial charge is 0 e. The molecule has 0 fully saturated rings. The van der Waals surface area contributed by atoms with E-state index in [1.165, 1.54) is 11.1 Å². The van der Waals surface area contributed by atoms with Crippen LogP contribution >= 0.6 is 0 Å². The molecule has 4 amide bonds. The molecule has 0 bridgehead atoms. The maximum Gasteiger partial charge on any atom is 0 e. The summed E-state index contributed by atoms with van der Waals surface area (Å²) >= 11 is -1.50. The molecule has 0 unspecified atom stereocenters. The Morgan fingerprint density at radius 2 is 0.733 bits per heavy atom. The van der Waals surface area contributed by atoms with Gasteiger partial charge in [-0.25, -0.2) is 0 Å². The average molecular weight is 1420 g/mol. The third kappa shape index (κ3) is 19.8. The molecule has 11 nitrogen and oxygen atoms in total. The van der Waals surface area contributed by atoms with Gasteiger partial charge in [-0.05, 0) is 150 Å². The van der Waals surface area contributed by atoms with E-state index in [4.69, 9.17) is 0 Å². The number of hydrogen-bond acceptors (Lipinski definition) is 7. The van der Waals surface area contributed by atoms with E-state index in [0.717, 1.165) is 101 Å². The van der Waals surface area contributed by atoms with E-state index in [-0.39, 0.29) is 88.1 Å². The Labute approximate surface area is 563 Å². The Morgan fingerprint density at radius 1 is 0.442 bits per heavy atom. The van der Waals surface area contributed by atoms with Crippen molar-refractivity contribution in [3.8, 4) is 0 Å². The summed E-state index contributed by atoms with van der Waals surface area (Å²) in [7, 11) is 4.38. The van der Waals surface area contributed by atoms with Gasteiger partial charge in [0.1, 0.15) is 0 Å². The Morgan fingerprint density at radius 3 is 1.02 bits per heavy atom. The Kier molecular flexibility index (Phi) is 28.8. The molecule has 0 spiro atoms. The van der Waals surface area contributed by atoms with Crippen LogP contribution in [0.5, 0.6) is 0 Å². The van der Waals surface area contributed by atoms with Gasteiger partial charge in [0.25, 0.3) is 23.6 Å². The van der Waals surface area contributed by atoms with E-state index in [1.54, 1.807) is 1.21 Å². The van der Waals surface area contributed by atoms with E-state index in [0.29, 0.717) is 24.0 Å². The Balaban J connectivity index is 0.000000316. The predicted octanol–water partition coefficient (Wildman–Crippen LogP) is 15.5.